The lowest BCUT2D eigenvalue weighted by atomic mass is 10.2. The van der Waals surface area contributed by atoms with Crippen molar-refractivity contribution in [3.8, 4) is 0 Å². The summed E-state index contributed by atoms with van der Waals surface area (Å²) in [4.78, 5) is 15.3. The van der Waals surface area contributed by atoms with Gasteiger partial charge in [0.2, 0.25) is 10.0 Å². The number of sulfonamides is 1. The van der Waals surface area contributed by atoms with Crippen molar-refractivity contribution in [3.63, 3.8) is 0 Å². The van der Waals surface area contributed by atoms with Gasteiger partial charge in [0.25, 0.3) is 5.91 Å². The van der Waals surface area contributed by atoms with Gasteiger partial charge in [-0.3, -0.25) is 4.79 Å². The molecule has 1 aliphatic heterocycles. The highest BCUT2D eigenvalue weighted by atomic mass is 35.5. The molecule has 0 saturated carbocycles. The van der Waals surface area contributed by atoms with E-state index in [0.29, 0.717) is 25.3 Å². The van der Waals surface area contributed by atoms with Gasteiger partial charge >= 0.3 is 0 Å². The summed E-state index contributed by atoms with van der Waals surface area (Å²) in [6.07, 6.45) is 0. The Morgan fingerprint density at radius 2 is 2.04 bits per heavy atom. The molecule has 1 aliphatic rings. The fourth-order valence-corrected chi connectivity index (χ4v) is 5.35. The summed E-state index contributed by atoms with van der Waals surface area (Å²) >= 11 is 7.70. The third-order valence-electron chi connectivity index (χ3n) is 4.09. The fourth-order valence-electron chi connectivity index (χ4n) is 2.69. The Morgan fingerprint density at radius 3 is 2.69 bits per heavy atom. The van der Waals surface area contributed by atoms with Crippen molar-refractivity contribution in [2.45, 2.75) is 11.4 Å². The van der Waals surface area contributed by atoms with Crippen molar-refractivity contribution in [1.29, 1.82) is 0 Å². The predicted molar refractivity (Wildman–Crippen MR) is 101 cm³/mol. The maximum absolute atomic E-state index is 12.9. The van der Waals surface area contributed by atoms with Crippen molar-refractivity contribution >= 4 is 38.9 Å². The number of thiophene rings is 1. The molecule has 0 bridgehead atoms. The van der Waals surface area contributed by atoms with E-state index in [1.54, 1.807) is 29.4 Å². The first-order valence-corrected chi connectivity index (χ1v) is 10.7. The molecule has 0 N–H and O–H groups in total. The summed E-state index contributed by atoms with van der Waals surface area (Å²) in [6, 6.07) is 8.24. The van der Waals surface area contributed by atoms with Crippen LogP contribution in [0.1, 0.15) is 15.2 Å². The van der Waals surface area contributed by atoms with Crippen LogP contribution in [-0.2, 0) is 21.3 Å². The third kappa shape index (κ3) is 4.10. The highest BCUT2D eigenvalue weighted by Crippen LogP contribution is 2.27. The standard InChI is InChI=1S/C17H19ClN2O4S2/c1-19(12-14-3-2-10-25-14)17(21)13-4-5-15(18)16(11-13)26(22,23)20-6-8-24-9-7-20/h2-5,10-11H,6-9,12H2,1H3. The van der Waals surface area contributed by atoms with Crippen LogP contribution in [0.15, 0.2) is 40.6 Å². The number of morpholine rings is 1. The van der Waals surface area contributed by atoms with Gasteiger partial charge in [-0.05, 0) is 29.6 Å². The Bertz CT molecular complexity index is 878. The van der Waals surface area contributed by atoms with Crippen LogP contribution in [0.2, 0.25) is 5.02 Å². The zero-order valence-corrected chi connectivity index (χ0v) is 16.6. The van der Waals surface area contributed by atoms with E-state index in [9.17, 15) is 13.2 Å². The predicted octanol–water partition coefficient (Wildman–Crippen LogP) is 2.69. The topological polar surface area (TPSA) is 66.9 Å². The van der Waals surface area contributed by atoms with Gasteiger partial charge in [0.15, 0.2) is 0 Å². The number of benzene rings is 1. The number of carbonyl (C=O) groups excluding carboxylic acids is 1. The zero-order valence-electron chi connectivity index (χ0n) is 14.2. The van der Waals surface area contributed by atoms with E-state index in [1.165, 1.54) is 16.4 Å². The van der Waals surface area contributed by atoms with Crippen molar-refractivity contribution in [2.75, 3.05) is 33.4 Å². The van der Waals surface area contributed by atoms with Crippen LogP contribution in [0.25, 0.3) is 0 Å². The Balaban J connectivity index is 1.86. The molecular formula is C17H19ClN2O4S2. The molecule has 1 saturated heterocycles. The highest BCUT2D eigenvalue weighted by molar-refractivity contribution is 7.89. The average Bonchev–Trinajstić information content (AvgIpc) is 3.15. The first kappa shape index (κ1) is 19.3. The van der Waals surface area contributed by atoms with Crippen LogP contribution in [-0.4, -0.2) is 56.9 Å². The Morgan fingerprint density at radius 1 is 1.31 bits per heavy atom. The van der Waals surface area contributed by atoms with Crippen molar-refractivity contribution in [3.05, 3.63) is 51.2 Å². The molecular weight excluding hydrogens is 396 g/mol. The Kier molecular flexibility index (Phi) is 5.99. The van der Waals surface area contributed by atoms with Crippen LogP contribution < -0.4 is 0 Å². The van der Waals surface area contributed by atoms with E-state index in [-0.39, 0.29) is 28.9 Å². The molecule has 2 heterocycles. The number of nitrogens with zero attached hydrogens (tertiary/aromatic N) is 2. The van der Waals surface area contributed by atoms with E-state index in [1.807, 2.05) is 17.5 Å². The summed E-state index contributed by atoms with van der Waals surface area (Å²) in [5.74, 6) is -0.256. The first-order valence-electron chi connectivity index (χ1n) is 8.05. The summed E-state index contributed by atoms with van der Waals surface area (Å²) in [6.45, 7) is 1.70. The molecule has 6 nitrogen and oxygen atoms in total. The van der Waals surface area contributed by atoms with Crippen molar-refractivity contribution in [2.24, 2.45) is 0 Å². The molecule has 3 rings (SSSR count). The number of rotatable bonds is 5. The van der Waals surface area contributed by atoms with Gasteiger partial charge in [0, 0.05) is 30.6 Å². The molecule has 1 aromatic carbocycles. The van der Waals surface area contributed by atoms with Crippen molar-refractivity contribution < 1.29 is 17.9 Å². The molecule has 26 heavy (non-hydrogen) atoms. The van der Waals surface area contributed by atoms with E-state index in [0.717, 1.165) is 4.88 Å². The second-order valence-corrected chi connectivity index (χ2v) is 9.25. The van der Waals surface area contributed by atoms with Gasteiger partial charge < -0.3 is 9.64 Å². The lowest BCUT2D eigenvalue weighted by Crippen LogP contribution is -2.40. The van der Waals surface area contributed by atoms with E-state index in [2.05, 4.69) is 0 Å². The van der Waals surface area contributed by atoms with Crippen LogP contribution in [0.3, 0.4) is 0 Å². The van der Waals surface area contributed by atoms with E-state index < -0.39 is 10.0 Å². The molecule has 9 heteroatoms. The van der Waals surface area contributed by atoms with Crippen LogP contribution in [0, 0.1) is 0 Å². The highest BCUT2D eigenvalue weighted by Gasteiger charge is 2.29. The number of amides is 1. The fraction of sp³-hybridized carbons (Fsp3) is 0.353. The number of carbonyl (C=O) groups is 1. The molecule has 0 radical (unpaired) electrons. The molecule has 0 aliphatic carbocycles. The van der Waals surface area contributed by atoms with Crippen LogP contribution >= 0.6 is 22.9 Å². The molecule has 140 valence electrons. The normalized spacial score (nSPS) is 15.8. The third-order valence-corrected chi connectivity index (χ3v) is 7.33. The first-order chi connectivity index (χ1) is 12.4. The SMILES string of the molecule is CN(Cc1cccs1)C(=O)c1ccc(Cl)c(S(=O)(=O)N2CCOCC2)c1. The Hall–Kier alpha value is -1.45. The van der Waals surface area contributed by atoms with Gasteiger partial charge in [0.1, 0.15) is 4.90 Å². The number of halogens is 1. The molecule has 0 spiro atoms. The quantitative estimate of drug-likeness (QED) is 0.754. The summed E-state index contributed by atoms with van der Waals surface area (Å²) in [5, 5.41) is 2.05. The minimum absolute atomic E-state index is 0.0450. The molecule has 0 atom stereocenters. The monoisotopic (exact) mass is 414 g/mol. The zero-order chi connectivity index (χ0) is 18.7. The summed E-state index contributed by atoms with van der Waals surface area (Å²) in [7, 11) is -2.08. The van der Waals surface area contributed by atoms with Gasteiger partial charge in [-0.25, -0.2) is 8.42 Å². The van der Waals surface area contributed by atoms with Crippen LogP contribution in [0.4, 0.5) is 0 Å². The second kappa shape index (κ2) is 8.06. The second-order valence-electron chi connectivity index (χ2n) is 5.90. The van der Waals surface area contributed by atoms with E-state index >= 15 is 0 Å². The molecule has 2 aromatic rings. The van der Waals surface area contributed by atoms with Gasteiger partial charge in [0.05, 0.1) is 24.8 Å². The lowest BCUT2D eigenvalue weighted by Gasteiger charge is -2.26. The largest absolute Gasteiger partial charge is 0.379 e. The van der Waals surface area contributed by atoms with E-state index in [4.69, 9.17) is 16.3 Å². The Labute approximate surface area is 162 Å². The number of hydrogen-bond acceptors (Lipinski definition) is 5. The smallest absolute Gasteiger partial charge is 0.253 e. The number of ether oxygens (including phenoxy) is 1. The molecule has 1 amide bonds. The summed E-state index contributed by atoms with van der Waals surface area (Å²) < 4.78 is 32.3. The van der Waals surface area contributed by atoms with Crippen molar-refractivity contribution in [1.82, 2.24) is 9.21 Å². The minimum atomic E-state index is -3.77. The maximum atomic E-state index is 12.9. The minimum Gasteiger partial charge on any atom is -0.379 e. The molecule has 1 fully saturated rings. The lowest BCUT2D eigenvalue weighted by molar-refractivity contribution is 0.0730. The number of hydrogen-bond donors (Lipinski definition) is 0. The molecule has 1 aromatic heterocycles. The maximum Gasteiger partial charge on any atom is 0.253 e. The van der Waals surface area contributed by atoms with Gasteiger partial charge in [-0.1, -0.05) is 17.7 Å². The summed E-state index contributed by atoms with van der Waals surface area (Å²) in [5.41, 5.74) is 0.292. The van der Waals surface area contributed by atoms with Crippen LogP contribution in [0.5, 0.6) is 0 Å². The molecule has 0 unspecified atom stereocenters. The van der Waals surface area contributed by atoms with Gasteiger partial charge in [-0.15, -0.1) is 11.3 Å². The average molecular weight is 415 g/mol. The van der Waals surface area contributed by atoms with Gasteiger partial charge in [-0.2, -0.15) is 4.31 Å².